The summed E-state index contributed by atoms with van der Waals surface area (Å²) < 4.78 is 19.0. The van der Waals surface area contributed by atoms with Gasteiger partial charge in [-0.2, -0.15) is 0 Å². The van der Waals surface area contributed by atoms with Crippen LogP contribution in [-0.2, 0) is 11.3 Å². The molecule has 166 valence electrons. The number of amides is 1. The van der Waals surface area contributed by atoms with Crippen molar-refractivity contribution in [2.24, 2.45) is 0 Å². The Morgan fingerprint density at radius 3 is 2.26 bits per heavy atom. The Labute approximate surface area is 183 Å². The van der Waals surface area contributed by atoms with Gasteiger partial charge in [-0.25, -0.2) is 4.39 Å². The van der Waals surface area contributed by atoms with Crippen LogP contribution in [0.3, 0.4) is 0 Å². The Morgan fingerprint density at radius 1 is 0.903 bits per heavy atom. The van der Waals surface area contributed by atoms with E-state index >= 15 is 0 Å². The van der Waals surface area contributed by atoms with Crippen molar-refractivity contribution in [3.8, 4) is 5.75 Å². The molecule has 31 heavy (non-hydrogen) atoms. The molecular weight excluding hydrogens is 395 g/mol. The van der Waals surface area contributed by atoms with E-state index in [1.165, 1.54) is 11.8 Å². The first-order valence-electron chi connectivity index (χ1n) is 11.0. The molecule has 4 rings (SSSR count). The van der Waals surface area contributed by atoms with E-state index in [9.17, 15) is 9.18 Å². The van der Waals surface area contributed by atoms with E-state index in [2.05, 4.69) is 39.0 Å². The number of halogens is 1. The predicted molar refractivity (Wildman–Crippen MR) is 120 cm³/mol. The maximum absolute atomic E-state index is 13.6. The average molecular weight is 427 g/mol. The number of para-hydroxylation sites is 1. The summed E-state index contributed by atoms with van der Waals surface area (Å²) in [7, 11) is 1.61. The topological polar surface area (TPSA) is 39.3 Å². The first-order valence-corrected chi connectivity index (χ1v) is 11.0. The van der Waals surface area contributed by atoms with Gasteiger partial charge in [-0.1, -0.05) is 18.2 Å². The van der Waals surface area contributed by atoms with Gasteiger partial charge in [0.15, 0.2) is 0 Å². The third-order valence-corrected chi connectivity index (χ3v) is 6.21. The molecule has 6 nitrogen and oxygen atoms in total. The van der Waals surface area contributed by atoms with Gasteiger partial charge >= 0.3 is 0 Å². The minimum absolute atomic E-state index is 0.216. The molecule has 7 heteroatoms. The molecule has 1 amide bonds. The number of nitrogens with zero attached hydrogens (tertiary/aromatic N) is 4. The highest BCUT2D eigenvalue weighted by Crippen LogP contribution is 2.22. The number of ether oxygens (including phenoxy) is 1. The molecule has 0 spiro atoms. The Bertz CT molecular complexity index is 863. The Hall–Kier alpha value is -2.64. The average Bonchev–Trinajstić information content (AvgIpc) is 2.81. The zero-order valence-electron chi connectivity index (χ0n) is 18.2. The first kappa shape index (κ1) is 21.6. The summed E-state index contributed by atoms with van der Waals surface area (Å²) in [5.74, 6) is 0.689. The normalized spacial score (nSPS) is 18.3. The molecule has 0 atom stereocenters. The number of benzene rings is 2. The van der Waals surface area contributed by atoms with Crippen LogP contribution >= 0.6 is 0 Å². The van der Waals surface area contributed by atoms with Gasteiger partial charge in [-0.05, 0) is 30.3 Å². The van der Waals surface area contributed by atoms with E-state index in [0.717, 1.165) is 57.9 Å². The van der Waals surface area contributed by atoms with Crippen LogP contribution < -0.4 is 9.64 Å². The van der Waals surface area contributed by atoms with Crippen LogP contribution in [-0.4, -0.2) is 86.6 Å². The van der Waals surface area contributed by atoms with Gasteiger partial charge in [-0.15, -0.1) is 0 Å². The number of piperazine rings is 2. The summed E-state index contributed by atoms with van der Waals surface area (Å²) >= 11 is 0. The third-order valence-electron chi connectivity index (χ3n) is 6.21. The zero-order chi connectivity index (χ0) is 21.6. The molecule has 2 heterocycles. The van der Waals surface area contributed by atoms with Crippen LogP contribution in [0.2, 0.25) is 0 Å². The van der Waals surface area contributed by atoms with Gasteiger partial charge in [-0.3, -0.25) is 14.6 Å². The summed E-state index contributed by atoms with van der Waals surface area (Å²) in [6.07, 6.45) is 0. The van der Waals surface area contributed by atoms with Crippen LogP contribution in [0.1, 0.15) is 5.56 Å². The number of methoxy groups -OCH3 is 1. The molecule has 0 unspecified atom stereocenters. The molecule has 2 aliphatic rings. The highest BCUT2D eigenvalue weighted by molar-refractivity contribution is 5.78. The SMILES string of the molecule is COc1ccc(F)cc1CN1CCN(CC(=O)N2CCN(c3ccccc3)CC2)CC1. The van der Waals surface area contributed by atoms with Gasteiger partial charge in [0.05, 0.1) is 13.7 Å². The van der Waals surface area contributed by atoms with E-state index in [1.807, 2.05) is 11.0 Å². The van der Waals surface area contributed by atoms with Crippen LogP contribution in [0.15, 0.2) is 48.5 Å². The van der Waals surface area contributed by atoms with Gasteiger partial charge in [0.2, 0.25) is 5.91 Å². The molecule has 0 bridgehead atoms. The van der Waals surface area contributed by atoms with E-state index in [-0.39, 0.29) is 11.7 Å². The van der Waals surface area contributed by atoms with Crippen molar-refractivity contribution in [1.82, 2.24) is 14.7 Å². The Kier molecular flexibility index (Phi) is 7.04. The van der Waals surface area contributed by atoms with Crippen molar-refractivity contribution in [3.63, 3.8) is 0 Å². The zero-order valence-corrected chi connectivity index (χ0v) is 18.2. The third kappa shape index (κ3) is 5.54. The van der Waals surface area contributed by atoms with E-state index in [0.29, 0.717) is 18.8 Å². The molecule has 0 radical (unpaired) electrons. The number of hydrogen-bond donors (Lipinski definition) is 0. The lowest BCUT2D eigenvalue weighted by Crippen LogP contribution is -2.53. The Morgan fingerprint density at radius 2 is 1.58 bits per heavy atom. The molecule has 0 N–H and O–H groups in total. The van der Waals surface area contributed by atoms with E-state index in [1.54, 1.807) is 19.2 Å². The van der Waals surface area contributed by atoms with Crippen LogP contribution in [0.25, 0.3) is 0 Å². The fraction of sp³-hybridized carbons (Fsp3) is 0.458. The molecule has 2 aliphatic heterocycles. The van der Waals surface area contributed by atoms with Crippen LogP contribution in [0.5, 0.6) is 5.75 Å². The number of carbonyl (C=O) groups excluding carboxylic acids is 1. The number of hydrogen-bond acceptors (Lipinski definition) is 5. The smallest absolute Gasteiger partial charge is 0.236 e. The summed E-state index contributed by atoms with van der Waals surface area (Å²) in [5.41, 5.74) is 2.09. The van der Waals surface area contributed by atoms with E-state index in [4.69, 9.17) is 4.74 Å². The first-order chi connectivity index (χ1) is 15.1. The minimum atomic E-state index is -0.243. The molecular formula is C24H31FN4O2. The maximum Gasteiger partial charge on any atom is 0.236 e. The second kappa shape index (κ2) is 10.1. The molecule has 2 fully saturated rings. The molecule has 0 aromatic heterocycles. The maximum atomic E-state index is 13.6. The summed E-state index contributed by atoms with van der Waals surface area (Å²) in [6.45, 7) is 7.81. The highest BCUT2D eigenvalue weighted by Gasteiger charge is 2.25. The number of anilines is 1. The predicted octanol–water partition coefficient (Wildman–Crippen LogP) is 2.30. The van der Waals surface area contributed by atoms with Crippen molar-refractivity contribution in [2.45, 2.75) is 6.54 Å². The lowest BCUT2D eigenvalue weighted by molar-refractivity contribution is -0.133. The second-order valence-electron chi connectivity index (χ2n) is 8.21. The van der Waals surface area contributed by atoms with Crippen LogP contribution in [0.4, 0.5) is 10.1 Å². The lowest BCUT2D eigenvalue weighted by Gasteiger charge is -2.38. The minimum Gasteiger partial charge on any atom is -0.496 e. The molecule has 0 saturated carbocycles. The fourth-order valence-corrected chi connectivity index (χ4v) is 4.36. The van der Waals surface area contributed by atoms with Crippen molar-refractivity contribution < 1.29 is 13.9 Å². The monoisotopic (exact) mass is 426 g/mol. The second-order valence-corrected chi connectivity index (χ2v) is 8.21. The fourth-order valence-electron chi connectivity index (χ4n) is 4.36. The van der Waals surface area contributed by atoms with Gasteiger partial charge in [0.25, 0.3) is 0 Å². The van der Waals surface area contributed by atoms with Crippen molar-refractivity contribution >= 4 is 11.6 Å². The summed E-state index contributed by atoms with van der Waals surface area (Å²) in [6, 6.07) is 15.0. The quantitative estimate of drug-likeness (QED) is 0.709. The number of carbonyl (C=O) groups is 1. The van der Waals surface area contributed by atoms with E-state index < -0.39 is 0 Å². The van der Waals surface area contributed by atoms with Gasteiger partial charge < -0.3 is 14.5 Å². The highest BCUT2D eigenvalue weighted by atomic mass is 19.1. The van der Waals surface area contributed by atoms with Crippen LogP contribution in [0, 0.1) is 5.82 Å². The number of rotatable bonds is 6. The van der Waals surface area contributed by atoms with Gasteiger partial charge in [0, 0.05) is 70.2 Å². The standard InChI is InChI=1S/C24H31FN4O2/c1-31-23-8-7-21(25)17-20(23)18-26-9-11-27(12-10-26)19-24(30)29-15-13-28(14-16-29)22-5-3-2-4-6-22/h2-8,17H,9-16,18-19H2,1H3. The van der Waals surface area contributed by atoms with Crippen molar-refractivity contribution in [2.75, 3.05) is 70.9 Å². The van der Waals surface area contributed by atoms with Gasteiger partial charge in [0.1, 0.15) is 11.6 Å². The lowest BCUT2D eigenvalue weighted by atomic mass is 10.1. The molecule has 0 aliphatic carbocycles. The van der Waals surface area contributed by atoms with Crippen molar-refractivity contribution in [3.05, 3.63) is 59.9 Å². The Balaban J connectivity index is 1.21. The summed E-state index contributed by atoms with van der Waals surface area (Å²) in [5, 5.41) is 0. The molecule has 2 saturated heterocycles. The molecule has 2 aromatic rings. The van der Waals surface area contributed by atoms with Crippen molar-refractivity contribution in [1.29, 1.82) is 0 Å². The molecule has 2 aromatic carbocycles. The summed E-state index contributed by atoms with van der Waals surface area (Å²) in [4.78, 5) is 21.6. The largest absolute Gasteiger partial charge is 0.496 e.